The Kier molecular flexibility index (Phi) is 3.85. The summed E-state index contributed by atoms with van der Waals surface area (Å²) in [5, 5.41) is 9.53. The second-order valence-electron chi connectivity index (χ2n) is 6.51. The minimum Gasteiger partial charge on any atom is -0.480 e. The van der Waals surface area contributed by atoms with Crippen LogP contribution in [-0.2, 0) is 16.6 Å². The highest BCUT2D eigenvalue weighted by atomic mass is 16.4. The van der Waals surface area contributed by atoms with Gasteiger partial charge in [0.15, 0.2) is 0 Å². The van der Waals surface area contributed by atoms with Crippen molar-refractivity contribution in [3.8, 4) is 0 Å². The summed E-state index contributed by atoms with van der Waals surface area (Å²) in [6.07, 6.45) is 8.80. The SMILES string of the molecule is CC(C)(C)c1ccc(CC2(C(=O)O)C=CCC=C2)cc1. The molecule has 2 rings (SSSR count). The number of carboxylic acids is 1. The summed E-state index contributed by atoms with van der Waals surface area (Å²) in [6.45, 7) is 6.52. The second-order valence-corrected chi connectivity index (χ2v) is 6.51. The first kappa shape index (κ1) is 14.6. The van der Waals surface area contributed by atoms with Crippen molar-refractivity contribution in [1.29, 1.82) is 0 Å². The molecule has 1 aromatic rings. The molecule has 1 aliphatic rings. The second kappa shape index (κ2) is 5.28. The average molecular weight is 270 g/mol. The number of rotatable bonds is 3. The highest BCUT2D eigenvalue weighted by molar-refractivity contribution is 5.80. The molecule has 20 heavy (non-hydrogen) atoms. The Hall–Kier alpha value is -1.83. The fourth-order valence-corrected chi connectivity index (χ4v) is 2.49. The fourth-order valence-electron chi connectivity index (χ4n) is 2.49. The van der Waals surface area contributed by atoms with E-state index < -0.39 is 11.4 Å². The van der Waals surface area contributed by atoms with Crippen LogP contribution < -0.4 is 0 Å². The molecule has 0 heterocycles. The third-order valence-corrected chi connectivity index (χ3v) is 3.82. The van der Waals surface area contributed by atoms with Gasteiger partial charge < -0.3 is 5.11 Å². The van der Waals surface area contributed by atoms with Gasteiger partial charge in [-0.2, -0.15) is 0 Å². The minimum atomic E-state index is -0.887. The first-order valence-corrected chi connectivity index (χ1v) is 7.02. The molecular weight excluding hydrogens is 248 g/mol. The van der Waals surface area contributed by atoms with Crippen LogP contribution in [0.1, 0.15) is 38.3 Å². The van der Waals surface area contributed by atoms with Gasteiger partial charge in [-0.15, -0.1) is 0 Å². The molecule has 0 spiro atoms. The molecule has 0 unspecified atom stereocenters. The van der Waals surface area contributed by atoms with Gasteiger partial charge in [0, 0.05) is 0 Å². The molecule has 106 valence electrons. The molecule has 0 fully saturated rings. The molecule has 0 aromatic heterocycles. The maximum Gasteiger partial charge on any atom is 0.317 e. The van der Waals surface area contributed by atoms with Crippen LogP contribution >= 0.6 is 0 Å². The van der Waals surface area contributed by atoms with Crippen molar-refractivity contribution in [2.24, 2.45) is 5.41 Å². The van der Waals surface area contributed by atoms with Gasteiger partial charge in [0.2, 0.25) is 0 Å². The molecular formula is C18H22O2. The number of aliphatic carboxylic acids is 1. The van der Waals surface area contributed by atoms with Crippen molar-refractivity contribution in [2.45, 2.75) is 39.0 Å². The predicted molar refractivity (Wildman–Crippen MR) is 81.8 cm³/mol. The molecule has 0 atom stereocenters. The first-order valence-electron chi connectivity index (χ1n) is 7.02. The zero-order chi connectivity index (χ0) is 14.8. The largest absolute Gasteiger partial charge is 0.480 e. The van der Waals surface area contributed by atoms with Crippen LogP contribution in [0.15, 0.2) is 48.6 Å². The lowest BCUT2D eigenvalue weighted by atomic mass is 9.78. The number of carbonyl (C=O) groups is 1. The van der Waals surface area contributed by atoms with E-state index in [1.165, 1.54) is 5.56 Å². The highest BCUT2D eigenvalue weighted by Gasteiger charge is 2.34. The van der Waals surface area contributed by atoms with Gasteiger partial charge in [0.1, 0.15) is 5.41 Å². The molecule has 2 heteroatoms. The zero-order valence-electron chi connectivity index (χ0n) is 12.4. The minimum absolute atomic E-state index is 0.119. The summed E-state index contributed by atoms with van der Waals surface area (Å²) in [4.78, 5) is 11.6. The third kappa shape index (κ3) is 3.01. The number of hydrogen-bond donors (Lipinski definition) is 1. The van der Waals surface area contributed by atoms with Crippen LogP contribution in [0.25, 0.3) is 0 Å². The van der Waals surface area contributed by atoms with E-state index in [0.29, 0.717) is 6.42 Å². The smallest absolute Gasteiger partial charge is 0.317 e. The number of benzene rings is 1. The van der Waals surface area contributed by atoms with Gasteiger partial charge in [-0.25, -0.2) is 0 Å². The van der Waals surface area contributed by atoms with Crippen molar-refractivity contribution in [2.75, 3.05) is 0 Å². The summed E-state index contributed by atoms with van der Waals surface area (Å²) >= 11 is 0. The van der Waals surface area contributed by atoms with Crippen LogP contribution in [0.3, 0.4) is 0 Å². The Balaban J connectivity index is 2.24. The predicted octanol–water partition coefficient (Wildman–Crippen LogP) is 4.11. The number of hydrogen-bond acceptors (Lipinski definition) is 1. The van der Waals surface area contributed by atoms with Crippen LogP contribution in [0.2, 0.25) is 0 Å². The molecule has 0 bridgehead atoms. The van der Waals surface area contributed by atoms with E-state index in [1.54, 1.807) is 0 Å². The quantitative estimate of drug-likeness (QED) is 0.839. The molecule has 2 nitrogen and oxygen atoms in total. The topological polar surface area (TPSA) is 37.3 Å². The zero-order valence-corrected chi connectivity index (χ0v) is 12.4. The summed E-state index contributed by atoms with van der Waals surface area (Å²) in [5.41, 5.74) is 1.55. The molecule has 1 aliphatic carbocycles. The van der Waals surface area contributed by atoms with E-state index in [9.17, 15) is 9.90 Å². The van der Waals surface area contributed by atoms with E-state index in [4.69, 9.17) is 0 Å². The van der Waals surface area contributed by atoms with Gasteiger partial charge >= 0.3 is 5.97 Å². The van der Waals surface area contributed by atoms with Crippen molar-refractivity contribution in [3.05, 3.63) is 59.7 Å². The van der Waals surface area contributed by atoms with Crippen LogP contribution in [0.5, 0.6) is 0 Å². The molecule has 1 N–H and O–H groups in total. The molecule has 0 radical (unpaired) electrons. The lowest BCUT2D eigenvalue weighted by Gasteiger charge is -2.25. The van der Waals surface area contributed by atoms with E-state index in [1.807, 2.05) is 36.4 Å². The van der Waals surface area contributed by atoms with Crippen LogP contribution in [-0.4, -0.2) is 11.1 Å². The molecule has 0 saturated heterocycles. The average Bonchev–Trinajstić information content (AvgIpc) is 2.39. The normalized spacial score (nSPS) is 17.1. The number of carboxylic acid groups (broad SMARTS) is 1. The summed E-state index contributed by atoms with van der Waals surface area (Å²) in [5.74, 6) is -0.787. The summed E-state index contributed by atoms with van der Waals surface area (Å²) < 4.78 is 0. The fraction of sp³-hybridized carbons (Fsp3) is 0.389. The highest BCUT2D eigenvalue weighted by Crippen LogP contribution is 2.31. The maximum atomic E-state index is 11.6. The maximum absolute atomic E-state index is 11.6. The lowest BCUT2D eigenvalue weighted by Crippen LogP contribution is -2.30. The van der Waals surface area contributed by atoms with E-state index in [0.717, 1.165) is 12.0 Å². The summed E-state index contributed by atoms with van der Waals surface area (Å²) in [7, 11) is 0. The molecule has 1 aromatic carbocycles. The van der Waals surface area contributed by atoms with Crippen LogP contribution in [0.4, 0.5) is 0 Å². The lowest BCUT2D eigenvalue weighted by molar-refractivity contribution is -0.143. The Labute approximate surface area is 120 Å². The Morgan fingerprint density at radius 3 is 2.15 bits per heavy atom. The molecule has 0 aliphatic heterocycles. The Morgan fingerprint density at radius 1 is 1.15 bits per heavy atom. The van der Waals surface area contributed by atoms with E-state index >= 15 is 0 Å². The van der Waals surface area contributed by atoms with Crippen molar-refractivity contribution < 1.29 is 9.90 Å². The van der Waals surface area contributed by atoms with Gasteiger partial charge in [-0.3, -0.25) is 4.79 Å². The van der Waals surface area contributed by atoms with E-state index in [-0.39, 0.29) is 5.41 Å². The van der Waals surface area contributed by atoms with Crippen molar-refractivity contribution in [3.63, 3.8) is 0 Å². The van der Waals surface area contributed by atoms with Crippen molar-refractivity contribution >= 4 is 5.97 Å². The van der Waals surface area contributed by atoms with Gasteiger partial charge in [-0.05, 0) is 29.4 Å². The Bertz CT molecular complexity index is 530. The van der Waals surface area contributed by atoms with Gasteiger partial charge in [0.05, 0.1) is 0 Å². The molecule has 0 amide bonds. The number of allylic oxidation sites excluding steroid dienone is 2. The monoisotopic (exact) mass is 270 g/mol. The van der Waals surface area contributed by atoms with Crippen LogP contribution in [0, 0.1) is 5.41 Å². The standard InChI is InChI=1S/C18H22O2/c1-17(2,3)15-9-7-14(8-10-15)13-18(16(19)20)11-5-4-6-12-18/h5-12H,4,13H2,1-3H3,(H,19,20). The van der Waals surface area contributed by atoms with E-state index in [2.05, 4.69) is 32.9 Å². The van der Waals surface area contributed by atoms with Gasteiger partial charge in [-0.1, -0.05) is 69.3 Å². The Morgan fingerprint density at radius 2 is 1.70 bits per heavy atom. The van der Waals surface area contributed by atoms with Gasteiger partial charge in [0.25, 0.3) is 0 Å². The first-order chi connectivity index (χ1) is 9.33. The summed E-state index contributed by atoms with van der Waals surface area (Å²) in [6, 6.07) is 8.28. The molecule has 0 saturated carbocycles. The third-order valence-electron chi connectivity index (χ3n) is 3.82. The van der Waals surface area contributed by atoms with Crippen molar-refractivity contribution in [1.82, 2.24) is 0 Å².